The zero-order valence-electron chi connectivity index (χ0n) is 20.9. The Labute approximate surface area is 236 Å². The van der Waals surface area contributed by atoms with E-state index in [0.29, 0.717) is 5.02 Å². The van der Waals surface area contributed by atoms with E-state index in [4.69, 9.17) is 30.5 Å². The zero-order valence-corrected chi connectivity index (χ0v) is 22.4. The molecule has 3 unspecified atom stereocenters. The standard InChI is InChI=1S/C27H22ClF3N4O4S/c1-36-25-23(35-12-20(33-34-35)15-7-18(29)22(31)19(30)8-15)24-21(13-37-26(39-24)14-5-3-2-4-6-14)38-27(25)40-17-9-16(28)10-32-11-17/h2-12,21,23-27H,13H2,1H3/t21?,23?,24-,25-,26?,27+/m0/s1. The quantitative estimate of drug-likeness (QED) is 0.269. The Morgan fingerprint density at radius 1 is 1.05 bits per heavy atom. The molecular formula is C27H22ClF3N4O4S. The molecule has 6 atom stereocenters. The van der Waals surface area contributed by atoms with Crippen LogP contribution in [-0.4, -0.2) is 57.4 Å². The molecule has 2 fully saturated rings. The van der Waals surface area contributed by atoms with Crippen LogP contribution in [0.5, 0.6) is 0 Å². The average Bonchev–Trinajstić information content (AvgIpc) is 3.45. The number of halogens is 4. The summed E-state index contributed by atoms with van der Waals surface area (Å²) in [7, 11) is 1.54. The first kappa shape index (κ1) is 27.2. The van der Waals surface area contributed by atoms with Gasteiger partial charge in [-0.2, -0.15) is 0 Å². The van der Waals surface area contributed by atoms with Crippen LogP contribution in [0.15, 0.2) is 72.0 Å². The lowest BCUT2D eigenvalue weighted by Gasteiger charge is -2.48. The van der Waals surface area contributed by atoms with Crippen molar-refractivity contribution in [3.63, 3.8) is 0 Å². The van der Waals surface area contributed by atoms with Gasteiger partial charge in [-0.15, -0.1) is 5.10 Å². The van der Waals surface area contributed by atoms with Gasteiger partial charge in [-0.1, -0.05) is 58.9 Å². The molecule has 13 heteroatoms. The lowest BCUT2D eigenvalue weighted by Crippen LogP contribution is -2.59. The molecule has 2 aromatic carbocycles. The van der Waals surface area contributed by atoms with Gasteiger partial charge >= 0.3 is 0 Å². The fourth-order valence-corrected chi connectivity index (χ4v) is 6.27. The van der Waals surface area contributed by atoms with Crippen LogP contribution in [0, 0.1) is 17.5 Å². The summed E-state index contributed by atoms with van der Waals surface area (Å²) in [6, 6.07) is 12.4. The van der Waals surface area contributed by atoms with Gasteiger partial charge in [0.15, 0.2) is 23.7 Å². The Balaban J connectivity index is 1.37. The number of ether oxygens (including phenoxy) is 4. The van der Waals surface area contributed by atoms with Gasteiger partial charge in [0.05, 0.1) is 17.8 Å². The summed E-state index contributed by atoms with van der Waals surface area (Å²) in [5.41, 5.74) is 0.439. The van der Waals surface area contributed by atoms with E-state index >= 15 is 0 Å². The van der Waals surface area contributed by atoms with E-state index in [1.165, 1.54) is 28.8 Å². The second kappa shape index (κ2) is 11.5. The maximum atomic E-state index is 14.0. The number of hydrogen-bond acceptors (Lipinski definition) is 8. The largest absolute Gasteiger partial charge is 0.375 e. The summed E-state index contributed by atoms with van der Waals surface area (Å²) in [5, 5.41) is 8.86. The number of thioether (sulfide) groups is 1. The Morgan fingerprint density at radius 2 is 1.82 bits per heavy atom. The Hall–Kier alpha value is -3.00. The fraction of sp³-hybridized carbons (Fsp3) is 0.296. The summed E-state index contributed by atoms with van der Waals surface area (Å²) < 4.78 is 67.8. The third-order valence-electron chi connectivity index (χ3n) is 6.68. The summed E-state index contributed by atoms with van der Waals surface area (Å²) in [4.78, 5) is 4.90. The molecule has 2 saturated heterocycles. The number of benzene rings is 2. The van der Waals surface area contributed by atoms with Gasteiger partial charge in [-0.25, -0.2) is 17.9 Å². The second-order valence-corrected chi connectivity index (χ2v) is 10.8. The summed E-state index contributed by atoms with van der Waals surface area (Å²) in [5.74, 6) is -4.20. The molecular weight excluding hydrogens is 569 g/mol. The Kier molecular flexibility index (Phi) is 7.80. The third-order valence-corrected chi connectivity index (χ3v) is 7.99. The minimum Gasteiger partial charge on any atom is -0.375 e. The van der Waals surface area contributed by atoms with Gasteiger partial charge < -0.3 is 18.9 Å². The van der Waals surface area contributed by atoms with Crippen LogP contribution < -0.4 is 0 Å². The minimum atomic E-state index is -1.55. The van der Waals surface area contributed by atoms with Crippen molar-refractivity contribution in [2.75, 3.05) is 13.7 Å². The lowest BCUT2D eigenvalue weighted by molar-refractivity contribution is -0.308. The number of nitrogens with zero attached hydrogens (tertiary/aromatic N) is 4. The molecule has 0 bridgehead atoms. The van der Waals surface area contributed by atoms with E-state index in [9.17, 15) is 13.2 Å². The molecule has 2 aromatic heterocycles. The van der Waals surface area contributed by atoms with E-state index in [-0.39, 0.29) is 17.9 Å². The highest BCUT2D eigenvalue weighted by atomic mass is 35.5. The van der Waals surface area contributed by atoms with Gasteiger partial charge in [0, 0.05) is 35.5 Å². The van der Waals surface area contributed by atoms with Crippen LogP contribution in [0.25, 0.3) is 11.3 Å². The van der Waals surface area contributed by atoms with Crippen molar-refractivity contribution < 1.29 is 32.1 Å². The number of hydrogen-bond donors (Lipinski definition) is 0. The summed E-state index contributed by atoms with van der Waals surface area (Å²) >= 11 is 7.51. The first-order valence-corrected chi connectivity index (χ1v) is 13.5. The minimum absolute atomic E-state index is 0.0335. The fourth-order valence-electron chi connectivity index (χ4n) is 4.84. The molecule has 2 aliphatic rings. The highest BCUT2D eigenvalue weighted by molar-refractivity contribution is 7.99. The van der Waals surface area contributed by atoms with Crippen molar-refractivity contribution in [3.8, 4) is 11.3 Å². The Morgan fingerprint density at radius 3 is 2.55 bits per heavy atom. The van der Waals surface area contributed by atoms with Crippen molar-refractivity contribution in [1.29, 1.82) is 0 Å². The van der Waals surface area contributed by atoms with Crippen molar-refractivity contribution in [2.45, 2.75) is 41.0 Å². The predicted octanol–water partition coefficient (Wildman–Crippen LogP) is 5.60. The van der Waals surface area contributed by atoms with E-state index in [1.807, 2.05) is 30.3 Å². The van der Waals surface area contributed by atoms with E-state index in [1.54, 1.807) is 19.4 Å². The smallest absolute Gasteiger partial charge is 0.194 e. The van der Waals surface area contributed by atoms with Gasteiger partial charge in [0.1, 0.15) is 35.5 Å². The molecule has 8 nitrogen and oxygen atoms in total. The zero-order chi connectivity index (χ0) is 27.8. The molecule has 6 rings (SSSR count). The maximum Gasteiger partial charge on any atom is 0.194 e. The van der Waals surface area contributed by atoms with E-state index < -0.39 is 53.5 Å². The van der Waals surface area contributed by atoms with Gasteiger partial charge in [0.25, 0.3) is 0 Å². The molecule has 0 spiro atoms. The van der Waals surface area contributed by atoms with Gasteiger partial charge in [-0.05, 0) is 18.2 Å². The molecule has 0 amide bonds. The van der Waals surface area contributed by atoms with Crippen LogP contribution in [0.4, 0.5) is 13.2 Å². The normalized spacial score (nSPS) is 26.4. The SMILES string of the molecule is CO[C@H]1C(n2cc(-c3cc(F)c(F)c(F)c3)nn2)[C@H]2OC(c3ccccc3)OCC2O[C@@H]1Sc1cncc(Cl)c1. The summed E-state index contributed by atoms with van der Waals surface area (Å²) in [6.07, 6.45) is 2.29. The van der Waals surface area contributed by atoms with E-state index in [0.717, 1.165) is 22.6 Å². The molecule has 208 valence electrons. The van der Waals surface area contributed by atoms with Gasteiger partial charge in [0.2, 0.25) is 0 Å². The molecule has 0 aliphatic carbocycles. The molecule has 40 heavy (non-hydrogen) atoms. The highest BCUT2D eigenvalue weighted by Gasteiger charge is 2.52. The molecule has 4 aromatic rings. The molecule has 2 aliphatic heterocycles. The van der Waals surface area contributed by atoms with E-state index in [2.05, 4.69) is 15.3 Å². The number of rotatable bonds is 6. The lowest BCUT2D eigenvalue weighted by atomic mass is 9.95. The molecule has 0 radical (unpaired) electrons. The van der Waals surface area contributed by atoms with Gasteiger partial charge in [-0.3, -0.25) is 4.98 Å². The first-order valence-electron chi connectivity index (χ1n) is 12.3. The second-order valence-electron chi connectivity index (χ2n) is 9.20. The molecule has 0 N–H and O–H groups in total. The monoisotopic (exact) mass is 590 g/mol. The van der Waals surface area contributed by atoms with Crippen LogP contribution in [0.2, 0.25) is 5.02 Å². The molecule has 0 saturated carbocycles. The van der Waals surface area contributed by atoms with Crippen LogP contribution >= 0.6 is 23.4 Å². The first-order chi connectivity index (χ1) is 19.4. The van der Waals surface area contributed by atoms with Crippen molar-refractivity contribution in [1.82, 2.24) is 20.0 Å². The predicted molar refractivity (Wildman–Crippen MR) is 139 cm³/mol. The number of aromatic nitrogens is 4. The summed E-state index contributed by atoms with van der Waals surface area (Å²) in [6.45, 7) is 0.220. The highest BCUT2D eigenvalue weighted by Crippen LogP contribution is 2.44. The number of fused-ring (bicyclic) bond motifs is 1. The molecule has 4 heterocycles. The number of pyridine rings is 1. The van der Waals surface area contributed by atoms with Crippen molar-refractivity contribution >= 4 is 23.4 Å². The average molecular weight is 591 g/mol. The van der Waals surface area contributed by atoms with Crippen LogP contribution in [-0.2, 0) is 18.9 Å². The Bertz CT molecular complexity index is 1480. The van der Waals surface area contributed by atoms with Crippen molar-refractivity contribution in [2.24, 2.45) is 0 Å². The topological polar surface area (TPSA) is 80.5 Å². The number of methoxy groups -OCH3 is 1. The van der Waals surface area contributed by atoms with Crippen LogP contribution in [0.1, 0.15) is 17.9 Å². The van der Waals surface area contributed by atoms with Crippen molar-refractivity contribution in [3.05, 3.63) is 95.2 Å². The maximum absolute atomic E-state index is 14.0. The third kappa shape index (κ3) is 5.35. The van der Waals surface area contributed by atoms with Crippen LogP contribution in [0.3, 0.4) is 0 Å².